The lowest BCUT2D eigenvalue weighted by Crippen LogP contribution is -2.60. The minimum absolute atomic E-state index is 0.0938. The normalized spacial score (nSPS) is 13.4. The van der Waals surface area contributed by atoms with Gasteiger partial charge < -0.3 is 4.43 Å². The van der Waals surface area contributed by atoms with Gasteiger partial charge in [0.25, 0.3) is 8.32 Å². The van der Waals surface area contributed by atoms with Gasteiger partial charge in [0, 0.05) is 0 Å². The second kappa shape index (κ2) is 9.57. The maximum absolute atomic E-state index is 6.90. The quantitative estimate of drug-likeness (QED) is 0.509. The molecule has 2 aromatic rings. The molecule has 0 saturated carbocycles. The van der Waals surface area contributed by atoms with E-state index in [-0.39, 0.29) is 6.10 Å². The molecule has 0 bridgehead atoms. The molecule has 0 aromatic heterocycles. The van der Waals surface area contributed by atoms with Gasteiger partial charge >= 0.3 is 0 Å². The van der Waals surface area contributed by atoms with Crippen LogP contribution in [0.15, 0.2) is 72.8 Å². The van der Waals surface area contributed by atoms with Gasteiger partial charge in [-0.3, -0.25) is 0 Å². The van der Waals surface area contributed by atoms with Crippen LogP contribution in [0.25, 0.3) is 0 Å². The molecule has 2 heteroatoms. The van der Waals surface area contributed by atoms with E-state index in [1.165, 1.54) is 10.4 Å². The number of hydrogen-bond donors (Lipinski definition) is 0. The Labute approximate surface area is 160 Å². The van der Waals surface area contributed by atoms with E-state index >= 15 is 0 Å². The second-order valence-electron chi connectivity index (χ2n) is 7.12. The van der Waals surface area contributed by atoms with Crippen LogP contribution >= 0.6 is 0 Å². The van der Waals surface area contributed by atoms with Crippen LogP contribution < -0.4 is 10.4 Å². The molecular formula is C24H30OSi. The van der Waals surface area contributed by atoms with Crippen molar-refractivity contribution in [3.63, 3.8) is 0 Å². The van der Waals surface area contributed by atoms with Gasteiger partial charge in [0.2, 0.25) is 0 Å². The number of rotatable bonds is 7. The second-order valence-corrected chi connectivity index (χ2v) is 10.6. The molecule has 0 aliphatic carbocycles. The molecule has 2 atom stereocenters. The molecule has 0 fully saturated rings. The third-order valence-corrected chi connectivity index (χ3v) is 8.30. The van der Waals surface area contributed by atoms with Crippen LogP contribution in [0, 0.1) is 17.8 Å². The first-order chi connectivity index (χ1) is 12.5. The van der Waals surface area contributed by atoms with Gasteiger partial charge in [-0.1, -0.05) is 99.4 Å². The van der Waals surface area contributed by atoms with Crippen LogP contribution in [-0.2, 0) is 4.43 Å². The summed E-state index contributed by atoms with van der Waals surface area (Å²) in [5, 5.41) is 2.55. The van der Waals surface area contributed by atoms with Crippen molar-refractivity contribution in [3.8, 4) is 11.8 Å². The fourth-order valence-corrected chi connectivity index (χ4v) is 6.22. The molecule has 0 aliphatic heterocycles. The Bertz CT molecular complexity index is 716. The summed E-state index contributed by atoms with van der Waals surface area (Å²) in [6.07, 6.45) is 2.14. The van der Waals surface area contributed by atoms with E-state index in [0.29, 0.717) is 5.92 Å². The monoisotopic (exact) mass is 362 g/mol. The Morgan fingerprint density at radius 3 is 1.96 bits per heavy atom. The highest BCUT2D eigenvalue weighted by Crippen LogP contribution is 2.19. The summed E-state index contributed by atoms with van der Waals surface area (Å²) < 4.78 is 6.90. The van der Waals surface area contributed by atoms with Gasteiger partial charge in [-0.15, -0.1) is 0 Å². The molecule has 0 heterocycles. The minimum Gasteiger partial charge on any atom is -0.394 e. The van der Waals surface area contributed by atoms with Gasteiger partial charge in [-0.25, -0.2) is 0 Å². The Morgan fingerprint density at radius 1 is 1.04 bits per heavy atom. The van der Waals surface area contributed by atoms with E-state index < -0.39 is 8.32 Å². The number of benzene rings is 2. The molecule has 2 unspecified atom stereocenters. The van der Waals surface area contributed by atoms with Crippen LogP contribution in [0.1, 0.15) is 33.6 Å². The SMILES string of the molecule is C=C(C)C#CC(O[Si](C)(c1ccccc1)c1ccccc1)C(C)CCC. The van der Waals surface area contributed by atoms with Crippen molar-refractivity contribution in [2.75, 3.05) is 0 Å². The van der Waals surface area contributed by atoms with Gasteiger partial charge in [0.15, 0.2) is 0 Å². The fraction of sp³-hybridized carbons (Fsp3) is 0.333. The molecule has 26 heavy (non-hydrogen) atoms. The zero-order chi connectivity index (χ0) is 19.0. The summed E-state index contributed by atoms with van der Waals surface area (Å²) in [5.41, 5.74) is 0.880. The fourth-order valence-electron chi connectivity index (χ4n) is 3.16. The summed E-state index contributed by atoms with van der Waals surface area (Å²) in [7, 11) is -2.36. The Hall–Kier alpha value is -2.08. The number of hydrogen-bond acceptors (Lipinski definition) is 1. The Morgan fingerprint density at radius 2 is 1.54 bits per heavy atom. The largest absolute Gasteiger partial charge is 0.394 e. The molecule has 0 amide bonds. The first-order valence-corrected chi connectivity index (χ1v) is 11.8. The van der Waals surface area contributed by atoms with Crippen LogP contribution in [-0.4, -0.2) is 14.4 Å². The van der Waals surface area contributed by atoms with E-state index in [1.807, 2.05) is 6.92 Å². The Kier molecular flexibility index (Phi) is 7.45. The van der Waals surface area contributed by atoms with Gasteiger partial charge in [0.1, 0.15) is 6.10 Å². The lowest BCUT2D eigenvalue weighted by molar-refractivity contribution is 0.187. The standard InChI is InChI=1S/C24H30OSi/c1-6-13-21(4)24(19-18-20(2)3)25-26(5,22-14-9-7-10-15-22)23-16-11-8-12-17-23/h7-12,14-17,21,24H,2,6,13H2,1,3-5H3. The molecule has 2 rings (SSSR count). The van der Waals surface area contributed by atoms with Crippen molar-refractivity contribution in [2.24, 2.45) is 5.92 Å². The first-order valence-electron chi connectivity index (χ1n) is 9.43. The van der Waals surface area contributed by atoms with Crippen LogP contribution in [0.2, 0.25) is 6.55 Å². The topological polar surface area (TPSA) is 9.23 Å². The summed E-state index contributed by atoms with van der Waals surface area (Å²) >= 11 is 0. The lowest BCUT2D eigenvalue weighted by Gasteiger charge is -2.33. The van der Waals surface area contributed by atoms with Crippen molar-refractivity contribution >= 4 is 18.7 Å². The molecular weight excluding hydrogens is 332 g/mol. The summed E-state index contributed by atoms with van der Waals surface area (Å²) in [5.74, 6) is 6.91. The van der Waals surface area contributed by atoms with Crippen LogP contribution in [0.5, 0.6) is 0 Å². The van der Waals surface area contributed by atoms with Gasteiger partial charge in [-0.2, -0.15) is 0 Å². The maximum Gasteiger partial charge on any atom is 0.254 e. The molecule has 136 valence electrons. The van der Waals surface area contributed by atoms with E-state index in [9.17, 15) is 0 Å². The average Bonchev–Trinajstić information content (AvgIpc) is 2.66. The van der Waals surface area contributed by atoms with Crippen molar-refractivity contribution < 1.29 is 4.43 Å². The zero-order valence-corrected chi connectivity index (χ0v) is 17.5. The van der Waals surface area contributed by atoms with Crippen molar-refractivity contribution in [3.05, 3.63) is 72.8 Å². The average molecular weight is 363 g/mol. The molecule has 0 N–H and O–H groups in total. The number of allylic oxidation sites excluding steroid dienone is 1. The van der Waals surface area contributed by atoms with Crippen molar-refractivity contribution in [2.45, 2.75) is 46.3 Å². The molecule has 1 nitrogen and oxygen atoms in total. The van der Waals surface area contributed by atoms with Gasteiger partial charge in [0.05, 0.1) is 0 Å². The molecule has 0 radical (unpaired) electrons. The predicted octanol–water partition coefficient (Wildman–Crippen LogP) is 4.78. The molecule has 2 aromatic carbocycles. The summed E-state index contributed by atoms with van der Waals surface area (Å²) in [6, 6.07) is 21.2. The van der Waals surface area contributed by atoms with E-state index in [2.05, 4.69) is 99.5 Å². The molecule has 0 spiro atoms. The third-order valence-electron chi connectivity index (χ3n) is 4.70. The third kappa shape index (κ3) is 5.21. The van der Waals surface area contributed by atoms with E-state index in [0.717, 1.165) is 18.4 Å². The Balaban J connectivity index is 2.47. The molecule has 0 aliphatic rings. The van der Waals surface area contributed by atoms with Gasteiger partial charge in [-0.05, 0) is 41.8 Å². The highest BCUT2D eigenvalue weighted by atomic mass is 28.4. The predicted molar refractivity (Wildman–Crippen MR) is 115 cm³/mol. The first kappa shape index (κ1) is 20.2. The summed E-state index contributed by atoms with van der Waals surface area (Å²) in [4.78, 5) is 0. The van der Waals surface area contributed by atoms with Crippen LogP contribution in [0.4, 0.5) is 0 Å². The summed E-state index contributed by atoms with van der Waals surface area (Å²) in [6.45, 7) is 12.6. The van der Waals surface area contributed by atoms with E-state index in [1.54, 1.807) is 0 Å². The van der Waals surface area contributed by atoms with Crippen molar-refractivity contribution in [1.82, 2.24) is 0 Å². The zero-order valence-electron chi connectivity index (χ0n) is 16.5. The minimum atomic E-state index is -2.36. The maximum atomic E-state index is 6.90. The smallest absolute Gasteiger partial charge is 0.254 e. The van der Waals surface area contributed by atoms with Crippen LogP contribution in [0.3, 0.4) is 0 Å². The van der Waals surface area contributed by atoms with E-state index in [4.69, 9.17) is 4.43 Å². The highest BCUT2D eigenvalue weighted by Gasteiger charge is 2.37. The highest BCUT2D eigenvalue weighted by molar-refractivity contribution is 6.96. The lowest BCUT2D eigenvalue weighted by atomic mass is 10.00. The van der Waals surface area contributed by atoms with Crippen molar-refractivity contribution in [1.29, 1.82) is 0 Å². The molecule has 0 saturated heterocycles.